The fourth-order valence-corrected chi connectivity index (χ4v) is 3.06. The van der Waals surface area contributed by atoms with Gasteiger partial charge in [-0.25, -0.2) is 0 Å². The van der Waals surface area contributed by atoms with Gasteiger partial charge in [-0.1, -0.05) is 0 Å². The molecule has 1 aromatic heterocycles. The molecule has 114 valence electrons. The van der Waals surface area contributed by atoms with Crippen LogP contribution in [0.1, 0.15) is 29.2 Å². The summed E-state index contributed by atoms with van der Waals surface area (Å²) in [5.41, 5.74) is 0.644. The van der Waals surface area contributed by atoms with Gasteiger partial charge >= 0.3 is 0 Å². The number of amides is 1. The van der Waals surface area contributed by atoms with Crippen molar-refractivity contribution in [1.29, 1.82) is 0 Å². The van der Waals surface area contributed by atoms with Crippen LogP contribution in [0.25, 0.3) is 0 Å². The third-order valence-electron chi connectivity index (χ3n) is 4.20. The van der Waals surface area contributed by atoms with E-state index < -0.39 is 0 Å². The largest absolute Gasteiger partial charge is 0.454 e. The lowest BCUT2D eigenvalue weighted by molar-refractivity contribution is 0.0672. The van der Waals surface area contributed by atoms with Crippen molar-refractivity contribution in [1.82, 2.24) is 14.7 Å². The number of rotatable bonds is 2. The molecular formula is C16H17N3O3. The van der Waals surface area contributed by atoms with E-state index in [-0.39, 0.29) is 18.7 Å². The van der Waals surface area contributed by atoms with Crippen molar-refractivity contribution < 1.29 is 14.3 Å². The smallest absolute Gasteiger partial charge is 0.254 e. The molecule has 4 rings (SSSR count). The van der Waals surface area contributed by atoms with Gasteiger partial charge in [-0.2, -0.15) is 5.10 Å². The first-order chi connectivity index (χ1) is 10.8. The molecule has 2 aliphatic heterocycles. The zero-order valence-electron chi connectivity index (χ0n) is 12.1. The van der Waals surface area contributed by atoms with Crippen molar-refractivity contribution >= 4 is 5.91 Å². The van der Waals surface area contributed by atoms with Crippen LogP contribution in [-0.2, 0) is 0 Å². The standard InChI is InChI=1S/C16H17N3O3/c20-16(12-4-5-14-15(9-12)22-11-21-14)18-7-1-3-13(10-18)19-8-2-6-17-19/h2,4-6,8-9,13H,1,3,7,10-11H2/t13-/m1/s1. The molecule has 1 aromatic carbocycles. The Morgan fingerprint density at radius 2 is 2.18 bits per heavy atom. The summed E-state index contributed by atoms with van der Waals surface area (Å²) in [6.45, 7) is 1.69. The average molecular weight is 299 g/mol. The highest BCUT2D eigenvalue weighted by molar-refractivity contribution is 5.95. The molecule has 0 spiro atoms. The van der Waals surface area contributed by atoms with Crippen molar-refractivity contribution in [2.24, 2.45) is 0 Å². The Morgan fingerprint density at radius 3 is 3.05 bits per heavy atom. The second kappa shape index (κ2) is 5.36. The predicted octanol–water partition coefficient (Wildman–Crippen LogP) is 2.09. The zero-order valence-corrected chi connectivity index (χ0v) is 12.1. The Balaban J connectivity index is 1.52. The number of hydrogen-bond donors (Lipinski definition) is 0. The second-order valence-electron chi connectivity index (χ2n) is 5.60. The number of benzene rings is 1. The van der Waals surface area contributed by atoms with Crippen molar-refractivity contribution in [3.63, 3.8) is 0 Å². The molecule has 0 radical (unpaired) electrons. The molecule has 22 heavy (non-hydrogen) atoms. The van der Waals surface area contributed by atoms with Crippen LogP contribution in [0.15, 0.2) is 36.7 Å². The van der Waals surface area contributed by atoms with Gasteiger partial charge in [0.25, 0.3) is 5.91 Å². The van der Waals surface area contributed by atoms with E-state index in [0.29, 0.717) is 23.6 Å². The monoisotopic (exact) mass is 299 g/mol. The molecule has 1 saturated heterocycles. The Kier molecular flexibility index (Phi) is 3.21. The summed E-state index contributed by atoms with van der Waals surface area (Å²) in [5, 5.41) is 4.30. The topological polar surface area (TPSA) is 56.6 Å². The van der Waals surface area contributed by atoms with Crippen LogP contribution in [-0.4, -0.2) is 40.5 Å². The summed E-state index contributed by atoms with van der Waals surface area (Å²) in [6.07, 6.45) is 5.77. The lowest BCUT2D eigenvalue weighted by Crippen LogP contribution is -2.40. The molecule has 0 N–H and O–H groups in total. The SMILES string of the molecule is O=C(c1ccc2c(c1)OCO2)N1CCC[C@@H](n2cccn2)C1. The number of carbonyl (C=O) groups excluding carboxylic acids is 1. The average Bonchev–Trinajstić information content (AvgIpc) is 3.25. The fourth-order valence-electron chi connectivity index (χ4n) is 3.06. The molecule has 0 saturated carbocycles. The van der Waals surface area contributed by atoms with Gasteiger partial charge in [0.05, 0.1) is 6.04 Å². The fraction of sp³-hybridized carbons (Fsp3) is 0.375. The Bertz CT molecular complexity index is 684. The van der Waals surface area contributed by atoms with E-state index in [0.717, 1.165) is 19.4 Å². The van der Waals surface area contributed by atoms with E-state index in [1.54, 1.807) is 24.4 Å². The number of ether oxygens (including phenoxy) is 2. The Labute approximate surface area is 128 Å². The molecule has 2 aliphatic rings. The number of piperidine rings is 1. The van der Waals surface area contributed by atoms with E-state index in [1.807, 2.05) is 21.8 Å². The molecule has 1 atom stereocenters. The van der Waals surface area contributed by atoms with Gasteiger partial charge in [0, 0.05) is 31.0 Å². The van der Waals surface area contributed by atoms with Gasteiger partial charge in [0.1, 0.15) is 0 Å². The summed E-state index contributed by atoms with van der Waals surface area (Å²) >= 11 is 0. The third kappa shape index (κ3) is 2.30. The maximum atomic E-state index is 12.7. The van der Waals surface area contributed by atoms with E-state index in [9.17, 15) is 4.79 Å². The molecule has 6 nitrogen and oxygen atoms in total. The minimum atomic E-state index is 0.0372. The first kappa shape index (κ1) is 13.2. The first-order valence-electron chi connectivity index (χ1n) is 7.49. The summed E-state index contributed by atoms with van der Waals surface area (Å²) in [4.78, 5) is 14.6. The lowest BCUT2D eigenvalue weighted by Gasteiger charge is -2.33. The van der Waals surface area contributed by atoms with Crippen molar-refractivity contribution in [3.8, 4) is 11.5 Å². The van der Waals surface area contributed by atoms with Gasteiger partial charge in [0.15, 0.2) is 11.5 Å². The van der Waals surface area contributed by atoms with Crippen molar-refractivity contribution in [3.05, 3.63) is 42.2 Å². The van der Waals surface area contributed by atoms with Gasteiger partial charge < -0.3 is 14.4 Å². The molecule has 0 aliphatic carbocycles. The number of carbonyl (C=O) groups is 1. The highest BCUT2D eigenvalue weighted by Crippen LogP contribution is 2.33. The first-order valence-corrected chi connectivity index (χ1v) is 7.49. The normalized spacial score (nSPS) is 20.2. The summed E-state index contributed by atoms with van der Waals surface area (Å²) < 4.78 is 12.6. The van der Waals surface area contributed by atoms with Gasteiger partial charge in [-0.3, -0.25) is 9.48 Å². The number of nitrogens with zero attached hydrogens (tertiary/aromatic N) is 3. The van der Waals surface area contributed by atoms with Crippen LogP contribution in [0.5, 0.6) is 11.5 Å². The molecule has 6 heteroatoms. The summed E-state index contributed by atoms with van der Waals surface area (Å²) in [6, 6.07) is 7.53. The van der Waals surface area contributed by atoms with Gasteiger partial charge in [-0.15, -0.1) is 0 Å². The Morgan fingerprint density at radius 1 is 1.27 bits per heavy atom. The quantitative estimate of drug-likeness (QED) is 0.852. The van der Waals surface area contributed by atoms with Crippen LogP contribution in [0.4, 0.5) is 0 Å². The molecule has 3 heterocycles. The van der Waals surface area contributed by atoms with Gasteiger partial charge in [0.2, 0.25) is 6.79 Å². The van der Waals surface area contributed by atoms with E-state index in [2.05, 4.69) is 5.10 Å². The van der Waals surface area contributed by atoms with E-state index in [1.165, 1.54) is 0 Å². The van der Waals surface area contributed by atoms with Crippen molar-refractivity contribution in [2.75, 3.05) is 19.9 Å². The molecule has 0 unspecified atom stereocenters. The molecular weight excluding hydrogens is 282 g/mol. The number of likely N-dealkylation sites (tertiary alicyclic amines) is 1. The minimum absolute atomic E-state index is 0.0372. The van der Waals surface area contributed by atoms with Crippen LogP contribution in [0, 0.1) is 0 Å². The minimum Gasteiger partial charge on any atom is -0.454 e. The zero-order chi connectivity index (χ0) is 14.9. The number of aromatic nitrogens is 2. The Hall–Kier alpha value is -2.50. The molecule has 1 fully saturated rings. The van der Waals surface area contributed by atoms with E-state index >= 15 is 0 Å². The molecule has 2 aromatic rings. The second-order valence-corrected chi connectivity index (χ2v) is 5.60. The van der Waals surface area contributed by atoms with Crippen molar-refractivity contribution in [2.45, 2.75) is 18.9 Å². The maximum absolute atomic E-state index is 12.7. The van der Waals surface area contributed by atoms with Crippen LogP contribution in [0.3, 0.4) is 0 Å². The summed E-state index contributed by atoms with van der Waals surface area (Å²) in [5.74, 6) is 1.38. The highest BCUT2D eigenvalue weighted by Gasteiger charge is 2.26. The molecule has 1 amide bonds. The van der Waals surface area contributed by atoms with Gasteiger partial charge in [-0.05, 0) is 37.1 Å². The third-order valence-corrected chi connectivity index (χ3v) is 4.20. The number of hydrogen-bond acceptors (Lipinski definition) is 4. The molecule has 0 bridgehead atoms. The summed E-state index contributed by atoms with van der Waals surface area (Å²) in [7, 11) is 0. The van der Waals surface area contributed by atoms with Crippen LogP contribution >= 0.6 is 0 Å². The van der Waals surface area contributed by atoms with Crippen LogP contribution in [0.2, 0.25) is 0 Å². The lowest BCUT2D eigenvalue weighted by atomic mass is 10.0. The predicted molar refractivity (Wildman–Crippen MR) is 79.0 cm³/mol. The highest BCUT2D eigenvalue weighted by atomic mass is 16.7. The van der Waals surface area contributed by atoms with Crippen LogP contribution < -0.4 is 9.47 Å². The van der Waals surface area contributed by atoms with E-state index in [4.69, 9.17) is 9.47 Å². The maximum Gasteiger partial charge on any atom is 0.254 e. The number of fused-ring (bicyclic) bond motifs is 1.